The molecule has 0 bridgehead atoms. The molecule has 0 unspecified atom stereocenters. The van der Waals surface area contributed by atoms with E-state index in [1.165, 1.54) is 75.3 Å². The molecule has 2 heterocycles. The van der Waals surface area contributed by atoms with E-state index in [1.807, 2.05) is 0 Å². The molecule has 2 aromatic heterocycles. The van der Waals surface area contributed by atoms with Gasteiger partial charge in [0.2, 0.25) is 0 Å². The van der Waals surface area contributed by atoms with Gasteiger partial charge in [-0.05, 0) is 24.0 Å². The zero-order chi connectivity index (χ0) is 18.5. The van der Waals surface area contributed by atoms with Crippen molar-refractivity contribution in [3.05, 3.63) is 49.1 Å². The molecule has 0 atom stereocenters. The first-order chi connectivity index (χ1) is 12.8. The summed E-state index contributed by atoms with van der Waals surface area (Å²) in [4.78, 5) is 0. The van der Waals surface area contributed by atoms with E-state index in [0.29, 0.717) is 0 Å². The fourth-order valence-electron chi connectivity index (χ4n) is 3.39. The quantitative estimate of drug-likeness (QED) is 0.332. The SMILES string of the molecule is CCCCCCC[n+]1ccc(-c2cc[n+](CCCCCCC)cc2)cc1.[F-].[F-]. The van der Waals surface area contributed by atoms with Gasteiger partial charge in [0.1, 0.15) is 13.1 Å². The Labute approximate surface area is 170 Å². The van der Waals surface area contributed by atoms with Gasteiger partial charge in [-0.1, -0.05) is 52.4 Å². The van der Waals surface area contributed by atoms with E-state index in [-0.39, 0.29) is 9.41 Å². The molecule has 0 aliphatic rings. The van der Waals surface area contributed by atoms with E-state index in [2.05, 4.69) is 72.0 Å². The van der Waals surface area contributed by atoms with Crippen LogP contribution in [0.4, 0.5) is 0 Å². The summed E-state index contributed by atoms with van der Waals surface area (Å²) in [5, 5.41) is 0. The molecule has 0 spiro atoms. The maximum absolute atomic E-state index is 2.31. The Morgan fingerprint density at radius 2 is 0.821 bits per heavy atom. The zero-order valence-electron chi connectivity index (χ0n) is 17.8. The molecule has 0 radical (unpaired) electrons. The molecule has 0 aliphatic carbocycles. The van der Waals surface area contributed by atoms with Crippen LogP contribution in [0.1, 0.15) is 78.1 Å². The lowest BCUT2D eigenvalue weighted by atomic mass is 10.1. The molecule has 0 saturated heterocycles. The first-order valence-corrected chi connectivity index (χ1v) is 10.8. The third-order valence-corrected chi connectivity index (χ3v) is 5.16. The minimum atomic E-state index is 0. The third-order valence-electron chi connectivity index (χ3n) is 5.16. The van der Waals surface area contributed by atoms with Crippen LogP contribution < -0.4 is 18.5 Å². The summed E-state index contributed by atoms with van der Waals surface area (Å²) in [6.45, 7) is 6.81. The highest BCUT2D eigenvalue weighted by atomic mass is 19.0. The number of halogens is 2. The average molecular weight is 393 g/mol. The van der Waals surface area contributed by atoms with Gasteiger partial charge >= 0.3 is 0 Å². The van der Waals surface area contributed by atoms with Gasteiger partial charge in [0.25, 0.3) is 0 Å². The molecule has 0 fully saturated rings. The third kappa shape index (κ3) is 9.91. The van der Waals surface area contributed by atoms with Crippen LogP contribution in [0.15, 0.2) is 49.1 Å². The van der Waals surface area contributed by atoms with Gasteiger partial charge in [-0.2, -0.15) is 0 Å². The molecule has 0 amide bonds. The lowest BCUT2D eigenvalue weighted by Crippen LogP contribution is -3.00. The first kappa shape index (κ1) is 26.2. The average Bonchev–Trinajstić information content (AvgIpc) is 2.69. The van der Waals surface area contributed by atoms with Crippen molar-refractivity contribution in [3.63, 3.8) is 0 Å². The number of hydrogen-bond donors (Lipinski definition) is 0. The van der Waals surface area contributed by atoms with E-state index < -0.39 is 0 Å². The Kier molecular flexibility index (Phi) is 15.1. The van der Waals surface area contributed by atoms with Crippen LogP contribution in [0.5, 0.6) is 0 Å². The van der Waals surface area contributed by atoms with Crippen molar-refractivity contribution in [2.24, 2.45) is 0 Å². The molecule has 158 valence electrons. The number of hydrogen-bond acceptors (Lipinski definition) is 0. The summed E-state index contributed by atoms with van der Waals surface area (Å²) in [5.41, 5.74) is 2.62. The molecule has 0 saturated carbocycles. The highest BCUT2D eigenvalue weighted by Gasteiger charge is 2.06. The van der Waals surface area contributed by atoms with E-state index in [4.69, 9.17) is 0 Å². The van der Waals surface area contributed by atoms with Gasteiger partial charge in [-0.3, -0.25) is 0 Å². The molecule has 0 aromatic carbocycles. The number of nitrogens with zero attached hydrogens (tertiary/aromatic N) is 2. The maximum Gasteiger partial charge on any atom is 0.169 e. The topological polar surface area (TPSA) is 7.76 Å². The summed E-state index contributed by atoms with van der Waals surface area (Å²) in [6.07, 6.45) is 22.3. The van der Waals surface area contributed by atoms with Gasteiger partial charge in [0, 0.05) is 37.1 Å². The van der Waals surface area contributed by atoms with Crippen LogP contribution in [0.2, 0.25) is 0 Å². The van der Waals surface area contributed by atoms with Crippen LogP contribution >= 0.6 is 0 Å². The second kappa shape index (κ2) is 16.1. The summed E-state index contributed by atoms with van der Waals surface area (Å²) in [5.74, 6) is 0. The van der Waals surface area contributed by atoms with Crippen molar-refractivity contribution in [1.29, 1.82) is 0 Å². The minimum absolute atomic E-state index is 0. The van der Waals surface area contributed by atoms with Gasteiger partial charge in [0.05, 0.1) is 0 Å². The lowest BCUT2D eigenvalue weighted by Gasteiger charge is -2.02. The Bertz CT molecular complexity index is 542. The Hall–Kier alpha value is -1.84. The second-order valence-corrected chi connectivity index (χ2v) is 7.48. The van der Waals surface area contributed by atoms with E-state index >= 15 is 0 Å². The predicted molar refractivity (Wildman–Crippen MR) is 110 cm³/mol. The van der Waals surface area contributed by atoms with Crippen LogP contribution in [0.25, 0.3) is 11.1 Å². The smallest absolute Gasteiger partial charge is 0.169 e. The van der Waals surface area contributed by atoms with Crippen molar-refractivity contribution in [1.82, 2.24) is 0 Å². The van der Waals surface area contributed by atoms with Gasteiger partial charge in [-0.15, -0.1) is 0 Å². The fourth-order valence-corrected chi connectivity index (χ4v) is 3.39. The van der Waals surface area contributed by atoms with Crippen LogP contribution in [0, 0.1) is 0 Å². The number of pyridine rings is 2. The van der Waals surface area contributed by atoms with Crippen molar-refractivity contribution in [3.8, 4) is 11.1 Å². The number of rotatable bonds is 13. The lowest BCUT2D eigenvalue weighted by molar-refractivity contribution is -0.697. The molecular formula is C24H38F2N2. The molecule has 2 rings (SSSR count). The molecule has 4 heteroatoms. The minimum Gasteiger partial charge on any atom is -1.00 e. The van der Waals surface area contributed by atoms with Gasteiger partial charge in [0.15, 0.2) is 24.8 Å². The number of unbranched alkanes of at least 4 members (excludes halogenated alkanes) is 8. The normalized spacial score (nSPS) is 10.2. The van der Waals surface area contributed by atoms with Gasteiger partial charge in [-0.25, -0.2) is 9.13 Å². The maximum atomic E-state index is 2.31. The largest absolute Gasteiger partial charge is 1.00 e. The highest BCUT2D eigenvalue weighted by Crippen LogP contribution is 2.15. The van der Waals surface area contributed by atoms with Crippen LogP contribution in [-0.4, -0.2) is 0 Å². The van der Waals surface area contributed by atoms with Crippen LogP contribution in [-0.2, 0) is 13.1 Å². The molecule has 0 N–H and O–H groups in total. The van der Waals surface area contributed by atoms with Gasteiger partial charge < -0.3 is 9.41 Å². The second-order valence-electron chi connectivity index (χ2n) is 7.48. The number of aryl methyl sites for hydroxylation is 2. The predicted octanol–water partition coefficient (Wildman–Crippen LogP) is -0.123. The first-order valence-electron chi connectivity index (χ1n) is 10.8. The summed E-state index contributed by atoms with van der Waals surface area (Å²) >= 11 is 0. The fraction of sp³-hybridized carbons (Fsp3) is 0.583. The van der Waals surface area contributed by atoms with E-state index in [9.17, 15) is 0 Å². The molecule has 2 aromatic rings. The summed E-state index contributed by atoms with van der Waals surface area (Å²) < 4.78 is 4.63. The van der Waals surface area contributed by atoms with E-state index in [1.54, 1.807) is 0 Å². The van der Waals surface area contributed by atoms with Crippen molar-refractivity contribution >= 4 is 0 Å². The molecule has 2 nitrogen and oxygen atoms in total. The van der Waals surface area contributed by atoms with Crippen molar-refractivity contribution < 1.29 is 18.5 Å². The van der Waals surface area contributed by atoms with Crippen LogP contribution in [0.3, 0.4) is 0 Å². The number of aromatic nitrogens is 2. The Morgan fingerprint density at radius 3 is 1.14 bits per heavy atom. The summed E-state index contributed by atoms with van der Waals surface area (Å²) in [6, 6.07) is 8.99. The van der Waals surface area contributed by atoms with Crippen molar-refractivity contribution in [2.45, 2.75) is 91.1 Å². The summed E-state index contributed by atoms with van der Waals surface area (Å²) in [7, 11) is 0. The Balaban J connectivity index is 0.00000364. The standard InChI is InChI=1S/C24H38N2.2FH/c1-3-5-7-9-11-17-25-19-13-23(14-20-25)24-15-21-26(22-16-24)18-12-10-8-6-4-2;;/h13-16,19-22H,3-12,17-18H2,1-2H3;2*1H/q+2;;/p-2. The molecule has 0 aliphatic heterocycles. The van der Waals surface area contributed by atoms with E-state index in [0.717, 1.165) is 13.1 Å². The van der Waals surface area contributed by atoms with Crippen molar-refractivity contribution in [2.75, 3.05) is 0 Å². The molecule has 28 heavy (non-hydrogen) atoms. The highest BCUT2D eigenvalue weighted by molar-refractivity contribution is 5.60. The molecular weight excluding hydrogens is 354 g/mol. The monoisotopic (exact) mass is 392 g/mol. The zero-order valence-corrected chi connectivity index (χ0v) is 17.8. The Morgan fingerprint density at radius 1 is 0.500 bits per heavy atom.